The first kappa shape index (κ1) is 22.6. The van der Waals surface area contributed by atoms with E-state index in [1.165, 1.54) is 24.3 Å². The highest BCUT2D eigenvalue weighted by molar-refractivity contribution is 14.1. The number of benzene rings is 1. The zero-order valence-corrected chi connectivity index (χ0v) is 18.1. The Bertz CT molecular complexity index is 527. The minimum absolute atomic E-state index is 0.0758. The van der Waals surface area contributed by atoms with E-state index in [1.54, 1.807) is 0 Å². The number of alkyl halides is 4. The van der Waals surface area contributed by atoms with Gasteiger partial charge in [0, 0.05) is 10.3 Å². The van der Waals surface area contributed by atoms with Crippen molar-refractivity contribution in [1.82, 2.24) is 0 Å². The third-order valence-corrected chi connectivity index (χ3v) is 9.40. The van der Waals surface area contributed by atoms with Crippen molar-refractivity contribution in [3.05, 3.63) is 24.3 Å². The summed E-state index contributed by atoms with van der Waals surface area (Å²) in [6.07, 6.45) is -2.84. The summed E-state index contributed by atoms with van der Waals surface area (Å²) in [6, 6.07) is 5.42. The largest absolute Gasteiger partial charge is 0.573 e. The average Bonchev–Trinajstić information content (AvgIpc) is 2.46. The molecule has 1 N–H and O–H groups in total. The van der Waals surface area contributed by atoms with Crippen molar-refractivity contribution in [3.63, 3.8) is 0 Å². The second kappa shape index (κ2) is 8.94. The lowest BCUT2D eigenvalue weighted by Gasteiger charge is -2.36. The van der Waals surface area contributed by atoms with Crippen molar-refractivity contribution in [2.45, 2.75) is 51.2 Å². The lowest BCUT2D eigenvalue weighted by molar-refractivity contribution is -0.274. The van der Waals surface area contributed by atoms with Crippen LogP contribution in [0, 0.1) is 5.92 Å². The highest BCUT2D eigenvalue weighted by Crippen LogP contribution is 2.41. The van der Waals surface area contributed by atoms with E-state index in [9.17, 15) is 18.0 Å². The molecule has 25 heavy (non-hydrogen) atoms. The zero-order valence-electron chi connectivity index (χ0n) is 15.0. The molecule has 8 heteroatoms. The van der Waals surface area contributed by atoms with Crippen LogP contribution in [0.25, 0.3) is 0 Å². The van der Waals surface area contributed by atoms with Crippen LogP contribution in [0.2, 0.25) is 18.1 Å². The van der Waals surface area contributed by atoms with E-state index in [1.807, 2.05) is 13.1 Å². The molecule has 0 heterocycles. The molecule has 1 aromatic carbocycles. The molecule has 0 aliphatic rings. The first-order chi connectivity index (χ1) is 11.3. The van der Waals surface area contributed by atoms with E-state index in [0.717, 1.165) is 17.3 Å². The summed E-state index contributed by atoms with van der Waals surface area (Å²) < 4.78 is 46.9. The molecule has 1 atom stereocenters. The minimum atomic E-state index is -4.69. The van der Waals surface area contributed by atoms with Gasteiger partial charge in [0.2, 0.25) is 0 Å². The van der Waals surface area contributed by atoms with Gasteiger partial charge in [-0.15, -0.1) is 13.2 Å². The molecule has 0 fully saturated rings. The fourth-order valence-electron chi connectivity index (χ4n) is 2.03. The van der Waals surface area contributed by atoms with Crippen molar-refractivity contribution in [3.8, 4) is 11.5 Å². The van der Waals surface area contributed by atoms with E-state index >= 15 is 0 Å². The molecule has 0 aliphatic heterocycles. The Balaban J connectivity index is 2.52. The SMILES string of the molecule is CC(C)(CCC(CI)COc1ccc(OC(F)(F)F)cc1)[Si](C)(C)O. The molecule has 3 nitrogen and oxygen atoms in total. The molecule has 1 aromatic rings. The van der Waals surface area contributed by atoms with Gasteiger partial charge in [-0.25, -0.2) is 0 Å². The maximum absolute atomic E-state index is 12.1. The maximum Gasteiger partial charge on any atom is 0.573 e. The molecule has 0 amide bonds. The molecule has 1 unspecified atom stereocenters. The van der Waals surface area contributed by atoms with Crippen molar-refractivity contribution in [2.75, 3.05) is 11.0 Å². The summed E-state index contributed by atoms with van der Waals surface area (Å²) in [5.41, 5.74) is 0. The predicted octanol–water partition coefficient (Wildman–Crippen LogP) is 5.77. The second-order valence-corrected chi connectivity index (χ2v) is 12.7. The van der Waals surface area contributed by atoms with E-state index in [4.69, 9.17) is 4.74 Å². The molecule has 0 aliphatic carbocycles. The monoisotopic (exact) mass is 490 g/mol. The summed E-state index contributed by atoms with van der Waals surface area (Å²) in [5, 5.41) is -0.0758. The lowest BCUT2D eigenvalue weighted by Crippen LogP contribution is -2.39. The molecule has 0 aromatic heterocycles. The molecule has 0 spiro atoms. The van der Waals surface area contributed by atoms with Gasteiger partial charge in [-0.3, -0.25) is 0 Å². The Labute approximate surface area is 162 Å². The number of hydrogen-bond acceptors (Lipinski definition) is 3. The Kier molecular flexibility index (Phi) is 8.07. The van der Waals surface area contributed by atoms with E-state index in [0.29, 0.717) is 18.3 Å². The van der Waals surface area contributed by atoms with E-state index in [2.05, 4.69) is 41.2 Å². The predicted molar refractivity (Wildman–Crippen MR) is 104 cm³/mol. The molecule has 1 rings (SSSR count). The van der Waals surface area contributed by atoms with Crippen molar-refractivity contribution >= 4 is 30.9 Å². The Morgan fingerprint density at radius 1 is 1.12 bits per heavy atom. The van der Waals surface area contributed by atoms with Crippen molar-refractivity contribution in [2.24, 2.45) is 5.92 Å². The molecule has 0 bridgehead atoms. The molecule has 0 saturated carbocycles. The average molecular weight is 490 g/mol. The summed E-state index contributed by atoms with van der Waals surface area (Å²) in [6.45, 7) is 8.60. The minimum Gasteiger partial charge on any atom is -0.493 e. The third kappa shape index (κ3) is 8.16. The van der Waals surface area contributed by atoms with Gasteiger partial charge in [0.15, 0.2) is 8.32 Å². The highest BCUT2D eigenvalue weighted by Gasteiger charge is 2.37. The van der Waals surface area contributed by atoms with Crippen LogP contribution in [0.5, 0.6) is 11.5 Å². The quantitative estimate of drug-likeness (QED) is 0.271. The van der Waals surface area contributed by atoms with Gasteiger partial charge in [0.05, 0.1) is 6.61 Å². The molecular weight excluding hydrogens is 464 g/mol. The van der Waals surface area contributed by atoms with Crippen LogP contribution in [-0.4, -0.2) is 30.5 Å². The standard InChI is InChI=1S/C17H26F3IO3Si/c1-16(2,25(3,4)22)10-9-13(11-21)12-23-14-5-7-15(8-6-14)24-17(18,19)20/h5-8,13,22H,9-12H2,1-4H3. The van der Waals surface area contributed by atoms with Crippen LogP contribution < -0.4 is 9.47 Å². The van der Waals surface area contributed by atoms with Gasteiger partial charge < -0.3 is 14.3 Å². The number of halogens is 4. The van der Waals surface area contributed by atoms with Crippen LogP contribution >= 0.6 is 22.6 Å². The summed E-state index contributed by atoms with van der Waals surface area (Å²) in [5.74, 6) is 0.574. The topological polar surface area (TPSA) is 38.7 Å². The van der Waals surface area contributed by atoms with Gasteiger partial charge in [-0.1, -0.05) is 36.4 Å². The normalized spacial score (nSPS) is 14.3. The Morgan fingerprint density at radius 3 is 2.08 bits per heavy atom. The van der Waals surface area contributed by atoms with Crippen LogP contribution in [0.15, 0.2) is 24.3 Å². The van der Waals surface area contributed by atoms with Gasteiger partial charge >= 0.3 is 6.36 Å². The summed E-state index contributed by atoms with van der Waals surface area (Å²) in [4.78, 5) is 10.4. The van der Waals surface area contributed by atoms with Crippen molar-refractivity contribution in [1.29, 1.82) is 0 Å². The fraction of sp³-hybridized carbons (Fsp3) is 0.647. The van der Waals surface area contributed by atoms with Gasteiger partial charge in [-0.05, 0) is 55.2 Å². The maximum atomic E-state index is 12.1. The summed E-state index contributed by atoms with van der Waals surface area (Å²) >= 11 is 2.31. The molecular formula is C17H26F3IO3Si. The van der Waals surface area contributed by atoms with Crippen LogP contribution in [0.1, 0.15) is 26.7 Å². The number of ether oxygens (including phenoxy) is 2. The smallest absolute Gasteiger partial charge is 0.493 e. The lowest BCUT2D eigenvalue weighted by atomic mass is 9.99. The van der Waals surface area contributed by atoms with Gasteiger partial charge in [-0.2, -0.15) is 0 Å². The van der Waals surface area contributed by atoms with Crippen molar-refractivity contribution < 1.29 is 27.4 Å². The van der Waals surface area contributed by atoms with Gasteiger partial charge in [0.1, 0.15) is 11.5 Å². The van der Waals surface area contributed by atoms with Gasteiger partial charge in [0.25, 0.3) is 0 Å². The highest BCUT2D eigenvalue weighted by atomic mass is 127. The van der Waals surface area contributed by atoms with E-state index < -0.39 is 14.7 Å². The van der Waals surface area contributed by atoms with E-state index in [-0.39, 0.29) is 10.8 Å². The molecule has 0 radical (unpaired) electrons. The number of rotatable bonds is 9. The first-order valence-electron chi connectivity index (χ1n) is 8.11. The third-order valence-electron chi connectivity index (χ3n) is 4.60. The van der Waals surface area contributed by atoms with Crippen LogP contribution in [0.4, 0.5) is 13.2 Å². The van der Waals surface area contributed by atoms with Crippen LogP contribution in [0.3, 0.4) is 0 Å². The fourth-order valence-corrected chi connectivity index (χ4v) is 3.48. The zero-order chi connectivity index (χ0) is 19.3. The Morgan fingerprint density at radius 2 is 1.64 bits per heavy atom. The second-order valence-electron chi connectivity index (χ2n) is 7.33. The summed E-state index contributed by atoms with van der Waals surface area (Å²) in [7, 11) is -2.23. The molecule has 0 saturated heterocycles. The Hall–Kier alpha value is -0.483. The molecule has 144 valence electrons. The number of hydrogen-bond donors (Lipinski definition) is 1. The first-order valence-corrected chi connectivity index (χ1v) is 12.6. The van der Waals surface area contributed by atoms with Crippen LogP contribution in [-0.2, 0) is 0 Å².